The minimum atomic E-state index is -0.140. The molecule has 1 aliphatic carbocycles. The van der Waals surface area contributed by atoms with E-state index in [4.69, 9.17) is 18.0 Å². The molecule has 3 nitrogen and oxygen atoms in total. The van der Waals surface area contributed by atoms with Crippen LogP contribution in [0, 0.1) is 11.8 Å². The molecule has 1 amide bonds. The third-order valence-corrected chi connectivity index (χ3v) is 3.10. The van der Waals surface area contributed by atoms with Crippen molar-refractivity contribution in [2.24, 2.45) is 17.6 Å². The Kier molecular flexibility index (Phi) is 3.86. The van der Waals surface area contributed by atoms with Gasteiger partial charge in [0.05, 0.1) is 11.0 Å². The van der Waals surface area contributed by atoms with Crippen LogP contribution in [0.4, 0.5) is 0 Å². The molecule has 0 aromatic heterocycles. The predicted molar refractivity (Wildman–Crippen MR) is 60.9 cm³/mol. The van der Waals surface area contributed by atoms with Crippen molar-refractivity contribution in [3.05, 3.63) is 0 Å². The number of carbonyl (C=O) groups excluding carboxylic acids is 1. The number of carbonyl (C=O) groups is 1. The van der Waals surface area contributed by atoms with Crippen LogP contribution in [0.5, 0.6) is 0 Å². The van der Waals surface area contributed by atoms with Crippen LogP contribution in [0.1, 0.15) is 33.1 Å². The van der Waals surface area contributed by atoms with Crippen molar-refractivity contribution in [2.75, 3.05) is 0 Å². The van der Waals surface area contributed by atoms with Crippen LogP contribution in [0.3, 0.4) is 0 Å². The first-order valence-electron chi connectivity index (χ1n) is 5.16. The van der Waals surface area contributed by atoms with Crippen molar-refractivity contribution in [2.45, 2.75) is 39.2 Å². The molecule has 2 atom stereocenters. The molecule has 3 N–H and O–H groups in total. The third-order valence-electron chi connectivity index (χ3n) is 2.81. The van der Waals surface area contributed by atoms with Gasteiger partial charge in [0.25, 0.3) is 0 Å². The summed E-state index contributed by atoms with van der Waals surface area (Å²) in [6.45, 7) is 3.94. The second-order valence-electron chi connectivity index (χ2n) is 4.00. The quantitative estimate of drug-likeness (QED) is 0.676. The Balaban J connectivity index is 2.40. The average molecular weight is 214 g/mol. The minimum Gasteiger partial charge on any atom is -0.392 e. The molecule has 0 heterocycles. The number of rotatable bonds is 5. The molecule has 0 bridgehead atoms. The molecule has 0 aliphatic heterocycles. The molecule has 14 heavy (non-hydrogen) atoms. The summed E-state index contributed by atoms with van der Waals surface area (Å²) < 4.78 is 0. The van der Waals surface area contributed by atoms with E-state index in [1.165, 1.54) is 12.8 Å². The number of thiocarbonyl (C=S) groups is 1. The van der Waals surface area contributed by atoms with E-state index in [2.05, 4.69) is 5.32 Å². The maximum atomic E-state index is 11.7. The second kappa shape index (κ2) is 4.73. The lowest BCUT2D eigenvalue weighted by Crippen LogP contribution is -2.45. The van der Waals surface area contributed by atoms with Gasteiger partial charge in [0.1, 0.15) is 0 Å². The highest BCUT2D eigenvalue weighted by Crippen LogP contribution is 2.36. The Morgan fingerprint density at radius 1 is 1.64 bits per heavy atom. The fourth-order valence-electron chi connectivity index (χ4n) is 1.49. The lowest BCUT2D eigenvalue weighted by Gasteiger charge is -2.18. The Bertz CT molecular complexity index is 238. The summed E-state index contributed by atoms with van der Waals surface area (Å²) in [6.07, 6.45) is 3.12. The fraction of sp³-hybridized carbons (Fsp3) is 0.800. The summed E-state index contributed by atoms with van der Waals surface area (Å²) in [6, 6.07) is -0.140. The summed E-state index contributed by atoms with van der Waals surface area (Å²) in [5.41, 5.74) is 5.50. The zero-order valence-electron chi connectivity index (χ0n) is 8.75. The van der Waals surface area contributed by atoms with Crippen molar-refractivity contribution >= 4 is 23.1 Å². The Labute approximate surface area is 90.4 Å². The number of amides is 1. The van der Waals surface area contributed by atoms with Crippen LogP contribution in [0.25, 0.3) is 0 Å². The van der Waals surface area contributed by atoms with Gasteiger partial charge in [-0.1, -0.05) is 26.1 Å². The SMILES string of the molecule is CCC(NC(=O)C(C)C1CC1)C(N)=S. The monoisotopic (exact) mass is 214 g/mol. The molecule has 4 heteroatoms. The van der Waals surface area contributed by atoms with E-state index in [1.807, 2.05) is 13.8 Å². The number of nitrogens with one attached hydrogen (secondary N) is 1. The van der Waals surface area contributed by atoms with Gasteiger partial charge >= 0.3 is 0 Å². The predicted octanol–water partition coefficient (Wildman–Crippen LogP) is 1.21. The summed E-state index contributed by atoms with van der Waals surface area (Å²) in [5, 5.41) is 2.88. The van der Waals surface area contributed by atoms with Crippen LogP contribution in [-0.4, -0.2) is 16.9 Å². The molecule has 80 valence electrons. The third kappa shape index (κ3) is 2.94. The normalized spacial score (nSPS) is 19.9. The topological polar surface area (TPSA) is 55.1 Å². The average Bonchev–Trinajstić information content (AvgIpc) is 2.95. The Morgan fingerprint density at radius 2 is 2.21 bits per heavy atom. The van der Waals surface area contributed by atoms with E-state index in [1.54, 1.807) is 0 Å². The Morgan fingerprint density at radius 3 is 2.57 bits per heavy atom. The first kappa shape index (κ1) is 11.4. The number of hydrogen-bond acceptors (Lipinski definition) is 2. The second-order valence-corrected chi connectivity index (χ2v) is 4.47. The highest BCUT2D eigenvalue weighted by molar-refractivity contribution is 7.80. The minimum absolute atomic E-state index is 0.0900. The molecule has 1 saturated carbocycles. The fourth-order valence-corrected chi connectivity index (χ4v) is 1.71. The van der Waals surface area contributed by atoms with Gasteiger partial charge in [0, 0.05) is 5.92 Å². The first-order valence-corrected chi connectivity index (χ1v) is 5.56. The van der Waals surface area contributed by atoms with Crippen molar-refractivity contribution in [1.82, 2.24) is 5.32 Å². The number of hydrogen-bond donors (Lipinski definition) is 2. The largest absolute Gasteiger partial charge is 0.392 e. The molecule has 0 radical (unpaired) electrons. The highest BCUT2D eigenvalue weighted by Gasteiger charge is 2.33. The molecule has 2 unspecified atom stereocenters. The highest BCUT2D eigenvalue weighted by atomic mass is 32.1. The standard InChI is InChI=1S/C10H18N2OS/c1-3-8(9(11)14)12-10(13)6(2)7-4-5-7/h6-8H,3-5H2,1-2H3,(H2,11,14)(H,12,13). The van der Waals surface area contributed by atoms with E-state index >= 15 is 0 Å². The van der Waals surface area contributed by atoms with Gasteiger partial charge in [-0.25, -0.2) is 0 Å². The zero-order chi connectivity index (χ0) is 10.7. The first-order chi connectivity index (χ1) is 6.56. The smallest absolute Gasteiger partial charge is 0.223 e. The maximum Gasteiger partial charge on any atom is 0.223 e. The number of nitrogens with two attached hydrogens (primary N) is 1. The van der Waals surface area contributed by atoms with E-state index in [0.717, 1.165) is 6.42 Å². The summed E-state index contributed by atoms with van der Waals surface area (Å²) >= 11 is 4.87. The van der Waals surface area contributed by atoms with Gasteiger partial charge in [-0.3, -0.25) is 4.79 Å². The van der Waals surface area contributed by atoms with Gasteiger partial charge in [-0.05, 0) is 25.2 Å². The van der Waals surface area contributed by atoms with E-state index in [9.17, 15) is 4.79 Å². The molecular formula is C10H18N2OS. The van der Waals surface area contributed by atoms with Crippen LogP contribution < -0.4 is 11.1 Å². The van der Waals surface area contributed by atoms with E-state index < -0.39 is 0 Å². The lowest BCUT2D eigenvalue weighted by molar-refractivity contribution is -0.125. The maximum absolute atomic E-state index is 11.7. The van der Waals surface area contributed by atoms with E-state index in [-0.39, 0.29) is 17.9 Å². The molecule has 0 saturated heterocycles. The zero-order valence-corrected chi connectivity index (χ0v) is 9.56. The van der Waals surface area contributed by atoms with Crippen LogP contribution in [0.15, 0.2) is 0 Å². The van der Waals surface area contributed by atoms with Crippen molar-refractivity contribution in [3.63, 3.8) is 0 Å². The molecule has 0 spiro atoms. The summed E-state index contributed by atoms with van der Waals surface area (Å²) in [7, 11) is 0. The lowest BCUT2D eigenvalue weighted by atomic mass is 10.0. The van der Waals surface area contributed by atoms with Crippen LogP contribution >= 0.6 is 12.2 Å². The van der Waals surface area contributed by atoms with Gasteiger partial charge < -0.3 is 11.1 Å². The summed E-state index contributed by atoms with van der Waals surface area (Å²) in [5.74, 6) is 0.782. The van der Waals surface area contributed by atoms with E-state index in [0.29, 0.717) is 10.9 Å². The van der Waals surface area contributed by atoms with Crippen LogP contribution in [-0.2, 0) is 4.79 Å². The van der Waals surface area contributed by atoms with Crippen molar-refractivity contribution in [3.8, 4) is 0 Å². The molecule has 1 rings (SSSR count). The van der Waals surface area contributed by atoms with Gasteiger partial charge in [0.15, 0.2) is 0 Å². The summed E-state index contributed by atoms with van der Waals surface area (Å²) in [4.78, 5) is 12.1. The van der Waals surface area contributed by atoms with Crippen LogP contribution in [0.2, 0.25) is 0 Å². The molecule has 1 fully saturated rings. The molecule has 0 aromatic carbocycles. The van der Waals surface area contributed by atoms with Gasteiger partial charge in [-0.2, -0.15) is 0 Å². The van der Waals surface area contributed by atoms with Gasteiger partial charge in [-0.15, -0.1) is 0 Å². The molecular weight excluding hydrogens is 196 g/mol. The molecule has 0 aromatic rings. The van der Waals surface area contributed by atoms with Crippen molar-refractivity contribution in [1.29, 1.82) is 0 Å². The molecule has 1 aliphatic rings. The Hall–Kier alpha value is -0.640. The van der Waals surface area contributed by atoms with Gasteiger partial charge in [0.2, 0.25) is 5.91 Å². The van der Waals surface area contributed by atoms with Crippen molar-refractivity contribution < 1.29 is 4.79 Å².